The minimum atomic E-state index is -1.01. The summed E-state index contributed by atoms with van der Waals surface area (Å²) >= 11 is 0. The van der Waals surface area contributed by atoms with E-state index in [1.807, 2.05) is 25.1 Å². The fraction of sp³-hybridized carbons (Fsp3) is 0.231. The highest BCUT2D eigenvalue weighted by Crippen LogP contribution is 2.32. The molecule has 0 radical (unpaired) electrons. The van der Waals surface area contributed by atoms with Crippen LogP contribution in [0.25, 0.3) is 11.3 Å². The molecule has 18 heavy (non-hydrogen) atoms. The van der Waals surface area contributed by atoms with Crippen LogP contribution in [0.3, 0.4) is 0 Å². The van der Waals surface area contributed by atoms with Gasteiger partial charge in [0.15, 0.2) is 0 Å². The number of rotatable bonds is 2. The maximum Gasteiger partial charge on any atom is 0.353 e. The molecule has 0 fully saturated rings. The van der Waals surface area contributed by atoms with Crippen molar-refractivity contribution < 1.29 is 14.6 Å². The third-order valence-corrected chi connectivity index (χ3v) is 3.01. The molecular weight excluding hydrogens is 232 g/mol. The lowest BCUT2D eigenvalue weighted by Gasteiger charge is -2.03. The van der Waals surface area contributed by atoms with E-state index in [-0.39, 0.29) is 11.8 Å². The van der Waals surface area contributed by atoms with E-state index >= 15 is 0 Å². The Morgan fingerprint density at radius 2 is 2.33 bits per heavy atom. The van der Waals surface area contributed by atoms with Gasteiger partial charge in [-0.2, -0.15) is 5.10 Å². The number of aromatic amines is 1. The van der Waals surface area contributed by atoms with Gasteiger partial charge in [0.1, 0.15) is 17.5 Å². The summed E-state index contributed by atoms with van der Waals surface area (Å²) in [6.07, 6.45) is 1.11. The standard InChI is InChI=1S/C13H12N2O3/c1-7-4-9-3-2-8(5-12(9)18-7)10-6-11(13(16)17)15-14-10/h2-3,5-7H,4H2,1H3,(H,14,15)(H,16,17). The van der Waals surface area contributed by atoms with Gasteiger partial charge in [-0.3, -0.25) is 5.10 Å². The zero-order chi connectivity index (χ0) is 12.7. The molecule has 0 amide bonds. The van der Waals surface area contributed by atoms with Gasteiger partial charge in [0.25, 0.3) is 0 Å². The lowest BCUT2D eigenvalue weighted by molar-refractivity contribution is 0.0690. The van der Waals surface area contributed by atoms with Crippen LogP contribution in [-0.2, 0) is 6.42 Å². The van der Waals surface area contributed by atoms with Crippen molar-refractivity contribution in [3.05, 3.63) is 35.5 Å². The van der Waals surface area contributed by atoms with Crippen molar-refractivity contribution in [2.75, 3.05) is 0 Å². The van der Waals surface area contributed by atoms with Crippen molar-refractivity contribution >= 4 is 5.97 Å². The van der Waals surface area contributed by atoms with Crippen LogP contribution in [0.15, 0.2) is 24.3 Å². The molecule has 3 rings (SSSR count). The van der Waals surface area contributed by atoms with Crippen molar-refractivity contribution in [2.45, 2.75) is 19.4 Å². The number of nitrogens with zero attached hydrogens (tertiary/aromatic N) is 1. The Hall–Kier alpha value is -2.30. The Bertz CT molecular complexity index is 618. The molecule has 1 aromatic carbocycles. The first-order valence-corrected chi connectivity index (χ1v) is 5.72. The molecule has 5 nitrogen and oxygen atoms in total. The van der Waals surface area contributed by atoms with E-state index < -0.39 is 5.97 Å². The summed E-state index contributed by atoms with van der Waals surface area (Å²) in [7, 11) is 0. The maximum atomic E-state index is 10.8. The number of fused-ring (bicyclic) bond motifs is 1. The predicted molar refractivity (Wildman–Crippen MR) is 64.8 cm³/mol. The van der Waals surface area contributed by atoms with Crippen molar-refractivity contribution in [3.63, 3.8) is 0 Å². The molecule has 2 N–H and O–H groups in total. The summed E-state index contributed by atoms with van der Waals surface area (Å²) in [6, 6.07) is 7.36. The lowest BCUT2D eigenvalue weighted by Crippen LogP contribution is -2.05. The average Bonchev–Trinajstić information content (AvgIpc) is 2.91. The molecule has 0 aliphatic carbocycles. The van der Waals surface area contributed by atoms with Crippen LogP contribution in [0, 0.1) is 0 Å². The number of H-pyrrole nitrogens is 1. The molecule has 2 aromatic rings. The molecule has 1 aliphatic heterocycles. The first-order valence-electron chi connectivity index (χ1n) is 5.72. The molecule has 1 aromatic heterocycles. The van der Waals surface area contributed by atoms with Crippen molar-refractivity contribution in [1.29, 1.82) is 0 Å². The Labute approximate surface area is 103 Å². The number of aromatic carboxylic acids is 1. The summed E-state index contributed by atoms with van der Waals surface area (Å²) in [5, 5.41) is 15.3. The van der Waals surface area contributed by atoms with Crippen LogP contribution in [0.1, 0.15) is 23.0 Å². The van der Waals surface area contributed by atoms with Crippen molar-refractivity contribution in [2.24, 2.45) is 0 Å². The van der Waals surface area contributed by atoms with Gasteiger partial charge in [0.2, 0.25) is 0 Å². The van der Waals surface area contributed by atoms with E-state index in [4.69, 9.17) is 9.84 Å². The van der Waals surface area contributed by atoms with Crippen molar-refractivity contribution in [1.82, 2.24) is 10.2 Å². The Kier molecular flexibility index (Phi) is 2.33. The molecule has 0 saturated carbocycles. The normalized spacial score (nSPS) is 17.3. The third kappa shape index (κ3) is 1.73. The zero-order valence-corrected chi connectivity index (χ0v) is 9.80. The highest BCUT2D eigenvalue weighted by molar-refractivity contribution is 5.86. The monoisotopic (exact) mass is 244 g/mol. The van der Waals surface area contributed by atoms with E-state index in [1.165, 1.54) is 11.6 Å². The maximum absolute atomic E-state index is 10.8. The first-order chi connectivity index (χ1) is 8.63. The number of carboxylic acid groups (broad SMARTS) is 1. The summed E-state index contributed by atoms with van der Waals surface area (Å²) in [5.41, 5.74) is 2.73. The van der Waals surface area contributed by atoms with E-state index in [9.17, 15) is 4.79 Å². The topological polar surface area (TPSA) is 75.2 Å². The summed E-state index contributed by atoms with van der Waals surface area (Å²) in [6.45, 7) is 2.02. The second-order valence-electron chi connectivity index (χ2n) is 4.43. The van der Waals surface area contributed by atoms with Gasteiger partial charge in [-0.05, 0) is 24.6 Å². The fourth-order valence-electron chi connectivity index (χ4n) is 2.14. The summed E-state index contributed by atoms with van der Waals surface area (Å²) in [4.78, 5) is 10.8. The molecule has 0 bridgehead atoms. The Balaban J connectivity index is 1.97. The number of carbonyl (C=O) groups is 1. The van der Waals surface area contributed by atoms with Gasteiger partial charge in [-0.1, -0.05) is 12.1 Å². The van der Waals surface area contributed by atoms with Crippen LogP contribution < -0.4 is 4.74 Å². The quantitative estimate of drug-likeness (QED) is 0.848. The van der Waals surface area contributed by atoms with Crippen LogP contribution in [0.5, 0.6) is 5.75 Å². The molecule has 1 atom stereocenters. The van der Waals surface area contributed by atoms with E-state index in [0.29, 0.717) is 5.69 Å². The Morgan fingerprint density at radius 3 is 3.06 bits per heavy atom. The highest BCUT2D eigenvalue weighted by Gasteiger charge is 2.20. The molecular formula is C13H12N2O3. The molecule has 2 heterocycles. The number of hydrogen-bond acceptors (Lipinski definition) is 3. The Morgan fingerprint density at radius 1 is 1.50 bits per heavy atom. The number of carboxylic acids is 1. The van der Waals surface area contributed by atoms with Crippen LogP contribution in [0.2, 0.25) is 0 Å². The van der Waals surface area contributed by atoms with Gasteiger partial charge < -0.3 is 9.84 Å². The molecule has 1 aliphatic rings. The minimum Gasteiger partial charge on any atom is -0.490 e. The zero-order valence-electron chi connectivity index (χ0n) is 9.80. The number of benzene rings is 1. The van der Waals surface area contributed by atoms with E-state index in [2.05, 4.69) is 10.2 Å². The number of hydrogen-bond donors (Lipinski definition) is 2. The van der Waals surface area contributed by atoms with Gasteiger partial charge in [0.05, 0.1) is 5.69 Å². The van der Waals surface area contributed by atoms with Crippen LogP contribution in [-0.4, -0.2) is 27.4 Å². The van der Waals surface area contributed by atoms with E-state index in [1.54, 1.807) is 0 Å². The average molecular weight is 244 g/mol. The summed E-state index contributed by atoms with van der Waals surface area (Å²) in [5.74, 6) is -0.153. The van der Waals surface area contributed by atoms with Crippen molar-refractivity contribution in [3.8, 4) is 17.0 Å². The third-order valence-electron chi connectivity index (χ3n) is 3.01. The molecule has 1 unspecified atom stereocenters. The van der Waals surface area contributed by atoms with Crippen LogP contribution in [0.4, 0.5) is 0 Å². The van der Waals surface area contributed by atoms with Gasteiger partial charge in [-0.25, -0.2) is 4.79 Å². The number of nitrogens with one attached hydrogen (secondary N) is 1. The second kappa shape index (κ2) is 3.87. The molecule has 0 spiro atoms. The van der Waals surface area contributed by atoms with Gasteiger partial charge in [0, 0.05) is 12.0 Å². The number of aromatic nitrogens is 2. The largest absolute Gasteiger partial charge is 0.490 e. The van der Waals surface area contributed by atoms with Crippen LogP contribution >= 0.6 is 0 Å². The fourth-order valence-corrected chi connectivity index (χ4v) is 2.14. The van der Waals surface area contributed by atoms with Gasteiger partial charge >= 0.3 is 5.97 Å². The second-order valence-corrected chi connectivity index (χ2v) is 4.43. The smallest absolute Gasteiger partial charge is 0.353 e. The van der Waals surface area contributed by atoms with E-state index in [0.717, 1.165) is 17.7 Å². The minimum absolute atomic E-state index is 0.0831. The lowest BCUT2D eigenvalue weighted by atomic mass is 10.1. The highest BCUT2D eigenvalue weighted by atomic mass is 16.5. The SMILES string of the molecule is CC1Cc2ccc(-c3cc(C(=O)O)[nH]n3)cc2O1. The molecule has 92 valence electrons. The predicted octanol–water partition coefficient (Wildman–Crippen LogP) is 2.10. The van der Waals surface area contributed by atoms with Gasteiger partial charge in [-0.15, -0.1) is 0 Å². The number of ether oxygens (including phenoxy) is 1. The molecule has 5 heteroatoms. The first kappa shape index (κ1) is 10.8. The molecule has 0 saturated heterocycles. The summed E-state index contributed by atoms with van der Waals surface area (Å²) < 4.78 is 5.67.